The summed E-state index contributed by atoms with van der Waals surface area (Å²) in [5.41, 5.74) is 0.138. The van der Waals surface area contributed by atoms with E-state index in [1.165, 1.54) is 6.08 Å². The first-order chi connectivity index (χ1) is 13.0. The molecule has 0 radical (unpaired) electrons. The minimum absolute atomic E-state index is 0.260. The maximum absolute atomic E-state index is 12.3. The number of aliphatic carboxylic acids is 2. The fourth-order valence-electron chi connectivity index (χ4n) is 2.79. The zero-order valence-corrected chi connectivity index (χ0v) is 17.5. The quantitative estimate of drug-likeness (QED) is 0.352. The fraction of sp³-hybridized carbons (Fsp3) is 0.700. The minimum atomic E-state index is -1.17. The summed E-state index contributed by atoms with van der Waals surface area (Å²) >= 11 is 0. The number of hydrogen-bond acceptors (Lipinski definition) is 4. The van der Waals surface area contributed by atoms with Gasteiger partial charge in [-0.3, -0.25) is 19.2 Å². The predicted molar refractivity (Wildman–Crippen MR) is 106 cm³/mol. The highest BCUT2D eigenvalue weighted by Crippen LogP contribution is 2.34. The van der Waals surface area contributed by atoms with E-state index in [1.54, 1.807) is 13.8 Å². The van der Waals surface area contributed by atoms with Gasteiger partial charge in [0.1, 0.15) is 0 Å². The second kappa shape index (κ2) is 12.2. The van der Waals surface area contributed by atoms with E-state index < -0.39 is 42.0 Å². The highest BCUT2D eigenvalue weighted by molar-refractivity contribution is 5.86. The average molecular weight is 399 g/mol. The molecule has 0 aromatic carbocycles. The van der Waals surface area contributed by atoms with Crippen LogP contribution in [0.3, 0.4) is 0 Å². The van der Waals surface area contributed by atoms with Crippen molar-refractivity contribution in [2.24, 2.45) is 17.3 Å². The second-order valence-corrected chi connectivity index (χ2v) is 7.58. The number of carboxylic acids is 2. The molecule has 0 aromatic heterocycles. The van der Waals surface area contributed by atoms with Gasteiger partial charge in [-0.25, -0.2) is 0 Å². The smallest absolute Gasteiger partial charge is 0.311 e. The number of rotatable bonds is 13. The molecular formula is C20H34N2O6. The molecule has 28 heavy (non-hydrogen) atoms. The molecule has 160 valence electrons. The van der Waals surface area contributed by atoms with E-state index in [2.05, 4.69) is 10.6 Å². The Morgan fingerprint density at radius 2 is 1.54 bits per heavy atom. The zero-order chi connectivity index (χ0) is 21.9. The third-order valence-electron chi connectivity index (χ3n) is 4.65. The molecule has 0 heterocycles. The second-order valence-electron chi connectivity index (χ2n) is 7.58. The Bertz CT molecular complexity index is 598. The van der Waals surface area contributed by atoms with Gasteiger partial charge in [0.2, 0.25) is 11.8 Å². The van der Waals surface area contributed by atoms with Crippen LogP contribution in [-0.4, -0.2) is 47.1 Å². The van der Waals surface area contributed by atoms with Crippen molar-refractivity contribution in [3.8, 4) is 0 Å². The highest BCUT2D eigenvalue weighted by Gasteiger charge is 2.31. The largest absolute Gasteiger partial charge is 0.481 e. The third-order valence-corrected chi connectivity index (χ3v) is 4.65. The van der Waals surface area contributed by atoms with E-state index in [-0.39, 0.29) is 11.8 Å². The highest BCUT2D eigenvalue weighted by atomic mass is 16.4. The fourth-order valence-corrected chi connectivity index (χ4v) is 2.79. The SMILES string of the molecule is CCNC(=O)CC(C(=O)O)/C(=C/C(CC(=O)O)C(=O)NCC)CC(C)(C)CC. The standard InChI is InChI=1S/C20H34N2O6/c1-6-20(4,5)12-14(15(19(27)28)11-16(23)21-7-2)9-13(10-17(24)25)18(26)22-8-3/h9,13,15H,6-8,10-12H2,1-5H3,(H,21,23)(H,22,26)(H,24,25)(H,27,28)/b14-9+. The van der Waals surface area contributed by atoms with E-state index in [4.69, 9.17) is 5.11 Å². The van der Waals surface area contributed by atoms with Crippen LogP contribution in [-0.2, 0) is 19.2 Å². The van der Waals surface area contributed by atoms with Crippen molar-refractivity contribution in [2.45, 2.75) is 60.3 Å². The Morgan fingerprint density at radius 1 is 0.964 bits per heavy atom. The molecule has 0 aliphatic carbocycles. The number of nitrogens with one attached hydrogen (secondary N) is 2. The number of hydrogen-bond donors (Lipinski definition) is 4. The van der Waals surface area contributed by atoms with Gasteiger partial charge in [-0.1, -0.05) is 38.8 Å². The average Bonchev–Trinajstić information content (AvgIpc) is 2.58. The Morgan fingerprint density at radius 3 is 1.96 bits per heavy atom. The maximum Gasteiger partial charge on any atom is 0.311 e. The van der Waals surface area contributed by atoms with Gasteiger partial charge in [-0.05, 0) is 25.7 Å². The molecule has 8 heteroatoms. The van der Waals surface area contributed by atoms with Gasteiger partial charge in [0.05, 0.1) is 18.3 Å². The first-order valence-corrected chi connectivity index (χ1v) is 9.66. The molecule has 0 saturated carbocycles. The minimum Gasteiger partial charge on any atom is -0.481 e. The first-order valence-electron chi connectivity index (χ1n) is 9.66. The van der Waals surface area contributed by atoms with E-state index in [0.29, 0.717) is 25.1 Å². The summed E-state index contributed by atoms with van der Waals surface area (Å²) in [7, 11) is 0. The summed E-state index contributed by atoms with van der Waals surface area (Å²) in [6, 6.07) is 0. The molecule has 2 atom stereocenters. The molecule has 2 amide bonds. The lowest BCUT2D eigenvalue weighted by Gasteiger charge is -2.28. The third kappa shape index (κ3) is 9.53. The van der Waals surface area contributed by atoms with Crippen LogP contribution >= 0.6 is 0 Å². The van der Waals surface area contributed by atoms with Crippen LogP contribution in [0.15, 0.2) is 11.6 Å². The molecule has 0 aliphatic rings. The van der Waals surface area contributed by atoms with Gasteiger partial charge in [0.25, 0.3) is 0 Å². The van der Waals surface area contributed by atoms with Gasteiger partial charge in [0, 0.05) is 19.5 Å². The summed E-state index contributed by atoms with van der Waals surface area (Å²) in [4.78, 5) is 47.5. The molecule has 0 rings (SSSR count). The molecule has 0 aliphatic heterocycles. The van der Waals surface area contributed by atoms with Crippen molar-refractivity contribution in [3.05, 3.63) is 11.6 Å². The lowest BCUT2D eigenvalue weighted by Crippen LogP contribution is -2.33. The van der Waals surface area contributed by atoms with Gasteiger partial charge in [0.15, 0.2) is 0 Å². The van der Waals surface area contributed by atoms with Crippen LogP contribution < -0.4 is 10.6 Å². The van der Waals surface area contributed by atoms with E-state index in [0.717, 1.165) is 6.42 Å². The molecule has 8 nitrogen and oxygen atoms in total. The predicted octanol–water partition coefficient (Wildman–Crippen LogP) is 2.19. The van der Waals surface area contributed by atoms with E-state index in [1.807, 2.05) is 20.8 Å². The van der Waals surface area contributed by atoms with Crippen LogP contribution in [0.5, 0.6) is 0 Å². The maximum atomic E-state index is 12.3. The topological polar surface area (TPSA) is 133 Å². The Hall–Kier alpha value is -2.38. The lowest BCUT2D eigenvalue weighted by atomic mass is 9.77. The molecule has 4 N–H and O–H groups in total. The number of carboxylic acid groups (broad SMARTS) is 2. The molecule has 0 spiro atoms. The Labute approximate surface area is 166 Å². The lowest BCUT2D eigenvalue weighted by molar-refractivity contribution is -0.142. The van der Waals surface area contributed by atoms with Crippen molar-refractivity contribution in [1.82, 2.24) is 10.6 Å². The van der Waals surface area contributed by atoms with Crippen LogP contribution in [0.2, 0.25) is 0 Å². The van der Waals surface area contributed by atoms with Crippen molar-refractivity contribution in [2.75, 3.05) is 13.1 Å². The van der Waals surface area contributed by atoms with Gasteiger partial charge in [-0.2, -0.15) is 0 Å². The molecular weight excluding hydrogens is 364 g/mol. The zero-order valence-electron chi connectivity index (χ0n) is 17.5. The van der Waals surface area contributed by atoms with Gasteiger partial charge in [-0.15, -0.1) is 0 Å². The van der Waals surface area contributed by atoms with E-state index >= 15 is 0 Å². The molecule has 0 aromatic rings. The van der Waals surface area contributed by atoms with Crippen molar-refractivity contribution in [1.29, 1.82) is 0 Å². The Balaban J connectivity index is 6.10. The summed E-state index contributed by atoms with van der Waals surface area (Å²) in [6.45, 7) is 10.1. The summed E-state index contributed by atoms with van der Waals surface area (Å²) in [5, 5.41) is 24.1. The normalized spacial score (nSPS) is 14.1. The molecule has 0 fully saturated rings. The number of carbonyl (C=O) groups excluding carboxylic acids is 2. The first kappa shape index (κ1) is 25.6. The van der Waals surface area contributed by atoms with Crippen LogP contribution in [0.25, 0.3) is 0 Å². The number of amides is 2. The van der Waals surface area contributed by atoms with Crippen molar-refractivity contribution >= 4 is 23.8 Å². The Kier molecular flexibility index (Phi) is 11.1. The number of carbonyl (C=O) groups is 4. The van der Waals surface area contributed by atoms with Crippen LogP contribution in [0, 0.1) is 17.3 Å². The summed E-state index contributed by atoms with van der Waals surface area (Å²) < 4.78 is 0. The molecule has 0 saturated heterocycles. The van der Waals surface area contributed by atoms with Gasteiger partial charge >= 0.3 is 11.9 Å². The van der Waals surface area contributed by atoms with Crippen LogP contribution in [0.1, 0.15) is 60.3 Å². The van der Waals surface area contributed by atoms with Crippen molar-refractivity contribution < 1.29 is 29.4 Å². The van der Waals surface area contributed by atoms with Gasteiger partial charge < -0.3 is 20.8 Å². The van der Waals surface area contributed by atoms with Crippen LogP contribution in [0.4, 0.5) is 0 Å². The molecule has 0 bridgehead atoms. The van der Waals surface area contributed by atoms with Crippen molar-refractivity contribution in [3.63, 3.8) is 0 Å². The summed E-state index contributed by atoms with van der Waals surface area (Å²) in [5.74, 6) is -5.33. The molecule has 2 unspecified atom stereocenters. The summed E-state index contributed by atoms with van der Waals surface area (Å²) in [6.07, 6.45) is 1.83. The monoisotopic (exact) mass is 398 g/mol. The van der Waals surface area contributed by atoms with E-state index in [9.17, 15) is 24.3 Å².